The van der Waals surface area contributed by atoms with Crippen LogP contribution in [0.3, 0.4) is 0 Å². The van der Waals surface area contributed by atoms with Crippen molar-refractivity contribution in [2.45, 2.75) is 4.90 Å². The Morgan fingerprint density at radius 3 is 1.92 bits per heavy atom. The summed E-state index contributed by atoms with van der Waals surface area (Å²) in [5.41, 5.74) is -1.15. The van der Waals surface area contributed by atoms with Crippen LogP contribution in [-0.4, -0.2) is 18.3 Å². The average molecular weight is 500 g/mol. The molecule has 4 aromatic rings. The lowest BCUT2D eigenvalue weighted by Gasteiger charge is -2.20. The number of sulfonamides is 1. The predicted octanol–water partition coefficient (Wildman–Crippen LogP) is 2.26. The van der Waals surface area contributed by atoms with E-state index in [1.165, 1.54) is 48.5 Å². The van der Waals surface area contributed by atoms with Crippen molar-refractivity contribution < 1.29 is 18.9 Å². The van der Waals surface area contributed by atoms with Gasteiger partial charge in [0.2, 0.25) is 0 Å². The molecule has 1 atom stereocenters. The first-order valence-corrected chi connectivity index (χ1v) is 11.9. The topological polar surface area (TPSA) is 163 Å². The van der Waals surface area contributed by atoms with Gasteiger partial charge in [0.15, 0.2) is 5.69 Å². The Morgan fingerprint density at radius 2 is 1.39 bits per heavy atom. The summed E-state index contributed by atoms with van der Waals surface area (Å²) in [6.07, 6.45) is 0. The Hall–Kier alpha value is -4.78. The van der Waals surface area contributed by atoms with Crippen molar-refractivity contribution in [3.63, 3.8) is 0 Å². The molecule has 178 valence electrons. The summed E-state index contributed by atoms with van der Waals surface area (Å²) in [6, 6.07) is 24.6. The number of benzene rings is 3. The van der Waals surface area contributed by atoms with Crippen molar-refractivity contribution in [3.8, 4) is 34.5 Å². The lowest BCUT2D eigenvalue weighted by molar-refractivity contribution is -0.991. The summed E-state index contributed by atoms with van der Waals surface area (Å²) in [7, 11) is -4.28. The number of nitrogens with one attached hydrogen (secondary N) is 2. The van der Waals surface area contributed by atoms with Gasteiger partial charge in [-0.05, 0) is 29.8 Å². The van der Waals surface area contributed by atoms with Gasteiger partial charge in [-0.15, -0.1) is 0 Å². The van der Waals surface area contributed by atoms with E-state index in [1.54, 1.807) is 42.5 Å². The van der Waals surface area contributed by atoms with Gasteiger partial charge >= 0.3 is 0 Å². The lowest BCUT2D eigenvalue weighted by atomic mass is 9.93. The van der Waals surface area contributed by atoms with Crippen LogP contribution in [0.15, 0.2) is 94.6 Å². The van der Waals surface area contributed by atoms with Gasteiger partial charge in [-0.3, -0.25) is 4.79 Å². The zero-order chi connectivity index (χ0) is 25.9. The minimum absolute atomic E-state index is 0.0250. The minimum atomic E-state index is -4.28. The normalized spacial score (nSPS) is 11.8. The molecule has 0 spiro atoms. The molecule has 0 aliphatic rings. The minimum Gasteiger partial charge on any atom is -0.595 e. The summed E-state index contributed by atoms with van der Waals surface area (Å²) >= 11 is 0. The summed E-state index contributed by atoms with van der Waals surface area (Å²) in [6.45, 7) is 0. The second-order valence-electron chi connectivity index (χ2n) is 7.49. The van der Waals surface area contributed by atoms with Gasteiger partial charge < -0.3 is 5.21 Å². The van der Waals surface area contributed by atoms with Crippen LogP contribution in [0.2, 0.25) is 0 Å². The van der Waals surface area contributed by atoms with Crippen LogP contribution >= 0.6 is 0 Å². The third kappa shape index (κ3) is 4.46. The molecule has 3 aromatic carbocycles. The number of quaternary nitrogens is 1. The standard InChI is InChI=1S/C25H17N5O5S/c26-15-21-23(17-11-13-19(14-12-17)30(32)33)22(16-27)25(31)29(24(21)18-7-3-1-4-8-18)28-36(34,35)20-9-5-2-6-10-20/h1-14,28,30,32H. The Kier molecular flexibility index (Phi) is 6.65. The van der Waals surface area contributed by atoms with Crippen LogP contribution < -0.4 is 15.6 Å². The second-order valence-corrected chi connectivity index (χ2v) is 9.15. The van der Waals surface area contributed by atoms with E-state index < -0.39 is 26.4 Å². The molecule has 0 aliphatic heterocycles. The SMILES string of the molecule is N#Cc1c(-c2ccc([NH+]([O-])O)cc2)c(C#N)c(=O)n(NS(=O)(=O)c2ccccc2)c1-c1ccccc1. The highest BCUT2D eigenvalue weighted by Crippen LogP contribution is 2.33. The van der Waals surface area contributed by atoms with Crippen molar-refractivity contribution in [2.75, 3.05) is 4.83 Å². The number of nitrogens with zero attached hydrogens (tertiary/aromatic N) is 3. The van der Waals surface area contributed by atoms with E-state index in [2.05, 4.69) is 4.83 Å². The molecule has 0 fully saturated rings. The molecule has 0 amide bonds. The smallest absolute Gasteiger partial charge is 0.288 e. The maximum atomic E-state index is 13.6. The Balaban J connectivity index is 2.07. The van der Waals surface area contributed by atoms with Gasteiger partial charge in [0.05, 0.1) is 16.2 Å². The molecule has 10 nitrogen and oxygen atoms in total. The Labute approximate surface area is 205 Å². The molecule has 0 saturated heterocycles. The highest BCUT2D eigenvalue weighted by Gasteiger charge is 2.27. The third-order valence-electron chi connectivity index (χ3n) is 5.33. The molecule has 0 bridgehead atoms. The fraction of sp³-hybridized carbons (Fsp3) is 0. The first kappa shape index (κ1) is 24.3. The van der Waals surface area contributed by atoms with Crippen molar-refractivity contribution in [2.24, 2.45) is 0 Å². The quantitative estimate of drug-likeness (QED) is 0.343. The molecular weight excluding hydrogens is 482 g/mol. The van der Waals surface area contributed by atoms with E-state index in [4.69, 9.17) is 0 Å². The molecule has 0 saturated carbocycles. The monoisotopic (exact) mass is 499 g/mol. The van der Waals surface area contributed by atoms with Crippen molar-refractivity contribution >= 4 is 15.7 Å². The Bertz CT molecular complexity index is 1670. The van der Waals surface area contributed by atoms with E-state index >= 15 is 0 Å². The summed E-state index contributed by atoms with van der Waals surface area (Å²) in [5, 5.41) is 39.3. The Morgan fingerprint density at radius 1 is 0.833 bits per heavy atom. The molecule has 4 rings (SSSR count). The number of pyridine rings is 1. The average Bonchev–Trinajstić information content (AvgIpc) is 2.90. The van der Waals surface area contributed by atoms with Crippen LogP contribution in [0, 0.1) is 27.9 Å². The molecular formula is C25H17N5O5S. The van der Waals surface area contributed by atoms with Gasteiger partial charge in [-0.1, -0.05) is 48.5 Å². The predicted molar refractivity (Wildman–Crippen MR) is 130 cm³/mol. The number of rotatable bonds is 6. The van der Waals surface area contributed by atoms with Crippen LogP contribution in [0.4, 0.5) is 5.69 Å². The van der Waals surface area contributed by atoms with E-state index in [9.17, 15) is 34.2 Å². The van der Waals surface area contributed by atoms with Gasteiger partial charge in [0.1, 0.15) is 17.7 Å². The van der Waals surface area contributed by atoms with Crippen LogP contribution in [0.1, 0.15) is 11.1 Å². The van der Waals surface area contributed by atoms with E-state index in [1.807, 2.05) is 6.07 Å². The van der Waals surface area contributed by atoms with E-state index in [-0.39, 0.29) is 33.0 Å². The third-order valence-corrected chi connectivity index (χ3v) is 6.65. The van der Waals surface area contributed by atoms with Crippen LogP contribution in [-0.2, 0) is 10.0 Å². The van der Waals surface area contributed by atoms with Crippen LogP contribution in [0.25, 0.3) is 22.4 Å². The second kappa shape index (κ2) is 9.84. The molecule has 0 aliphatic carbocycles. The first-order chi connectivity index (χ1) is 17.3. The lowest BCUT2D eigenvalue weighted by Crippen LogP contribution is -2.99. The fourth-order valence-corrected chi connectivity index (χ4v) is 4.72. The molecule has 11 heteroatoms. The zero-order valence-electron chi connectivity index (χ0n) is 18.4. The van der Waals surface area contributed by atoms with Gasteiger partial charge in [-0.25, -0.2) is 14.7 Å². The van der Waals surface area contributed by atoms with Crippen molar-refractivity contribution in [1.29, 1.82) is 10.5 Å². The largest absolute Gasteiger partial charge is 0.595 e. The number of aromatic nitrogens is 1. The molecule has 0 radical (unpaired) electrons. The maximum absolute atomic E-state index is 13.6. The van der Waals surface area contributed by atoms with Gasteiger partial charge in [0.25, 0.3) is 15.6 Å². The van der Waals surface area contributed by atoms with Gasteiger partial charge in [-0.2, -0.15) is 24.2 Å². The van der Waals surface area contributed by atoms with E-state index in [0.717, 1.165) is 0 Å². The maximum Gasteiger partial charge on any atom is 0.288 e. The van der Waals surface area contributed by atoms with Crippen molar-refractivity contribution in [1.82, 2.24) is 4.68 Å². The summed E-state index contributed by atoms with van der Waals surface area (Å²) in [4.78, 5) is 15.6. The molecule has 3 N–H and O–H groups in total. The van der Waals surface area contributed by atoms with Crippen molar-refractivity contribution in [3.05, 3.63) is 112 Å². The summed E-state index contributed by atoms with van der Waals surface area (Å²) < 4.78 is 26.9. The first-order valence-electron chi connectivity index (χ1n) is 10.4. The highest BCUT2D eigenvalue weighted by molar-refractivity contribution is 7.92. The number of nitriles is 2. The fourth-order valence-electron chi connectivity index (χ4n) is 3.69. The van der Waals surface area contributed by atoms with E-state index in [0.29, 0.717) is 10.2 Å². The number of hydrogen-bond acceptors (Lipinski definition) is 7. The molecule has 36 heavy (non-hydrogen) atoms. The summed E-state index contributed by atoms with van der Waals surface area (Å²) in [5.74, 6) is 0. The molecule has 1 heterocycles. The molecule has 1 aromatic heterocycles. The molecule has 1 unspecified atom stereocenters. The highest BCUT2D eigenvalue weighted by atomic mass is 32.2. The van der Waals surface area contributed by atoms with Crippen LogP contribution in [0.5, 0.6) is 0 Å². The number of hydrogen-bond donors (Lipinski definition) is 3. The van der Waals surface area contributed by atoms with Gasteiger partial charge in [0, 0.05) is 23.3 Å². The zero-order valence-corrected chi connectivity index (χ0v) is 19.2.